The fourth-order valence-corrected chi connectivity index (χ4v) is 4.10. The lowest BCUT2D eigenvalue weighted by atomic mass is 10.1. The van der Waals surface area contributed by atoms with Crippen LogP contribution in [0.2, 0.25) is 0 Å². The number of fused-ring (bicyclic) bond motifs is 1. The van der Waals surface area contributed by atoms with Crippen LogP contribution in [0.1, 0.15) is 31.7 Å². The Balaban J connectivity index is 1.43. The Labute approximate surface area is 182 Å². The van der Waals surface area contributed by atoms with Crippen molar-refractivity contribution in [1.29, 1.82) is 0 Å². The quantitative estimate of drug-likeness (QED) is 0.595. The molecule has 1 saturated carbocycles. The second kappa shape index (κ2) is 7.75. The molecule has 10 heteroatoms. The molecular weight excluding hydrogens is 423 g/mol. The average Bonchev–Trinajstić information content (AvgIpc) is 3.40. The summed E-state index contributed by atoms with van der Waals surface area (Å²) >= 11 is 0. The van der Waals surface area contributed by atoms with E-state index < -0.39 is 11.7 Å². The number of halogens is 3. The van der Waals surface area contributed by atoms with Gasteiger partial charge in [0.15, 0.2) is 11.2 Å². The number of aromatic nitrogens is 4. The monoisotopic (exact) mass is 445 g/mol. The third-order valence-corrected chi connectivity index (χ3v) is 5.95. The molecule has 1 aliphatic heterocycles. The average molecular weight is 445 g/mol. The van der Waals surface area contributed by atoms with Gasteiger partial charge in [-0.05, 0) is 31.9 Å². The number of aryl methyl sites for hydroxylation is 1. The number of amides is 1. The van der Waals surface area contributed by atoms with Gasteiger partial charge in [0.25, 0.3) is 0 Å². The molecule has 0 unspecified atom stereocenters. The van der Waals surface area contributed by atoms with E-state index in [9.17, 15) is 18.0 Å². The van der Waals surface area contributed by atoms with Crippen LogP contribution in [0.25, 0.3) is 22.6 Å². The van der Waals surface area contributed by atoms with Crippen LogP contribution in [0.4, 0.5) is 13.2 Å². The summed E-state index contributed by atoms with van der Waals surface area (Å²) in [5.41, 5.74) is 0.842. The van der Waals surface area contributed by atoms with Crippen LogP contribution >= 0.6 is 0 Å². The zero-order valence-corrected chi connectivity index (χ0v) is 17.5. The molecular formula is C22H22F3N5O2. The van der Waals surface area contributed by atoms with Gasteiger partial charge in [0.05, 0.1) is 12.1 Å². The molecule has 0 bridgehead atoms. The first kappa shape index (κ1) is 20.7. The van der Waals surface area contributed by atoms with Crippen LogP contribution in [0.5, 0.6) is 5.88 Å². The molecule has 0 radical (unpaired) electrons. The number of nitrogens with zero attached hydrogens (tertiary/aromatic N) is 5. The third kappa shape index (κ3) is 3.78. The molecule has 2 fully saturated rings. The molecule has 5 rings (SSSR count). The number of alkyl halides is 3. The largest absolute Gasteiger partial charge is 0.471 e. The van der Waals surface area contributed by atoms with Crippen molar-refractivity contribution >= 4 is 17.1 Å². The van der Waals surface area contributed by atoms with Crippen molar-refractivity contribution in [2.24, 2.45) is 5.92 Å². The van der Waals surface area contributed by atoms with Crippen LogP contribution in [0, 0.1) is 5.92 Å². The highest BCUT2D eigenvalue weighted by Crippen LogP contribution is 2.34. The van der Waals surface area contributed by atoms with Gasteiger partial charge in [-0.3, -0.25) is 4.79 Å². The number of carbonyl (C=O) groups is 1. The number of rotatable bonds is 5. The van der Waals surface area contributed by atoms with Crippen molar-refractivity contribution in [3.63, 3.8) is 0 Å². The normalized spacial score (nSPS) is 19.0. The molecule has 168 valence electrons. The van der Waals surface area contributed by atoms with E-state index in [4.69, 9.17) is 4.74 Å². The Bertz CT molecular complexity index is 1150. The van der Waals surface area contributed by atoms with Crippen LogP contribution in [0.3, 0.4) is 0 Å². The third-order valence-electron chi connectivity index (χ3n) is 5.95. The van der Waals surface area contributed by atoms with Gasteiger partial charge >= 0.3 is 6.18 Å². The number of imidazole rings is 1. The zero-order chi connectivity index (χ0) is 22.5. The molecule has 2 aromatic heterocycles. The first-order valence-corrected chi connectivity index (χ1v) is 10.7. The maximum absolute atomic E-state index is 12.9. The molecule has 3 aromatic rings. The lowest BCUT2D eigenvalue weighted by Gasteiger charge is -2.16. The fraction of sp³-hybridized carbons (Fsp3) is 0.455. The molecule has 2 aliphatic rings. The molecule has 1 aromatic carbocycles. The Hall–Kier alpha value is -3.17. The van der Waals surface area contributed by atoms with Crippen LogP contribution in [-0.2, 0) is 17.5 Å². The van der Waals surface area contributed by atoms with E-state index in [0.717, 1.165) is 25.0 Å². The van der Waals surface area contributed by atoms with E-state index in [-0.39, 0.29) is 17.9 Å². The fourth-order valence-electron chi connectivity index (χ4n) is 4.10. The smallest absolute Gasteiger partial charge is 0.416 e. The summed E-state index contributed by atoms with van der Waals surface area (Å²) in [6.07, 6.45) is -0.541. The summed E-state index contributed by atoms with van der Waals surface area (Å²) in [7, 11) is 0. The van der Waals surface area contributed by atoms with Crippen molar-refractivity contribution in [3.8, 4) is 17.3 Å². The van der Waals surface area contributed by atoms with Crippen molar-refractivity contribution in [3.05, 3.63) is 36.2 Å². The van der Waals surface area contributed by atoms with Crippen molar-refractivity contribution in [2.75, 3.05) is 13.1 Å². The maximum Gasteiger partial charge on any atom is 0.416 e. The van der Waals surface area contributed by atoms with E-state index in [1.54, 1.807) is 0 Å². The lowest BCUT2D eigenvalue weighted by molar-refractivity contribution is -0.137. The predicted octanol–water partition coefficient (Wildman–Crippen LogP) is 3.92. The second-order valence-electron chi connectivity index (χ2n) is 8.19. The molecule has 3 heterocycles. The molecule has 1 amide bonds. The van der Waals surface area contributed by atoms with Gasteiger partial charge in [-0.1, -0.05) is 12.1 Å². The standard InChI is InChI=1S/C22H22F3N5O2/c1-2-30-18(13-5-7-15(8-6-13)22(23,24)25)28-17-19(30)26-12-27-20(17)32-16-9-10-29(11-16)21(31)14-3-4-14/h5-8,12,14,16H,2-4,9-11H2,1H3/t16-/m0/s1. The predicted molar refractivity (Wildman–Crippen MR) is 110 cm³/mol. The minimum atomic E-state index is -4.40. The van der Waals surface area contributed by atoms with E-state index in [1.807, 2.05) is 16.4 Å². The Morgan fingerprint density at radius 1 is 1.16 bits per heavy atom. The van der Waals surface area contributed by atoms with Gasteiger partial charge in [-0.2, -0.15) is 18.2 Å². The summed E-state index contributed by atoms with van der Waals surface area (Å²) in [5, 5.41) is 0. The van der Waals surface area contributed by atoms with Gasteiger partial charge in [-0.25, -0.2) is 9.97 Å². The topological polar surface area (TPSA) is 73.1 Å². The van der Waals surface area contributed by atoms with E-state index >= 15 is 0 Å². The van der Waals surface area contributed by atoms with Crippen molar-refractivity contribution in [2.45, 2.75) is 45.0 Å². The Kier molecular flexibility index (Phi) is 5.02. The van der Waals surface area contributed by atoms with Gasteiger partial charge in [-0.15, -0.1) is 0 Å². The molecule has 32 heavy (non-hydrogen) atoms. The highest BCUT2D eigenvalue weighted by Gasteiger charge is 2.37. The molecule has 0 spiro atoms. The number of ether oxygens (including phenoxy) is 1. The van der Waals surface area contributed by atoms with Crippen molar-refractivity contribution < 1.29 is 22.7 Å². The van der Waals surface area contributed by atoms with Gasteiger partial charge in [0.1, 0.15) is 18.3 Å². The summed E-state index contributed by atoms with van der Waals surface area (Å²) in [6.45, 7) is 3.61. The SMILES string of the molecule is CCn1c(-c2ccc(C(F)(F)F)cc2)nc2c(O[C@H]3CCN(C(=O)C4CC4)C3)ncnc21. The molecule has 1 saturated heterocycles. The number of hydrogen-bond acceptors (Lipinski definition) is 5. The van der Waals surface area contributed by atoms with Crippen LogP contribution < -0.4 is 4.74 Å². The number of likely N-dealkylation sites (tertiary alicyclic amines) is 1. The van der Waals surface area contributed by atoms with Crippen molar-refractivity contribution in [1.82, 2.24) is 24.4 Å². The van der Waals surface area contributed by atoms with E-state index in [0.29, 0.717) is 54.5 Å². The Morgan fingerprint density at radius 2 is 1.91 bits per heavy atom. The summed E-state index contributed by atoms with van der Waals surface area (Å²) < 4.78 is 46.7. The summed E-state index contributed by atoms with van der Waals surface area (Å²) in [5.74, 6) is 1.19. The van der Waals surface area contributed by atoms with Crippen LogP contribution in [0.15, 0.2) is 30.6 Å². The minimum absolute atomic E-state index is 0.172. The molecule has 7 nitrogen and oxygen atoms in total. The lowest BCUT2D eigenvalue weighted by Crippen LogP contribution is -2.32. The molecule has 0 N–H and O–H groups in total. The molecule has 1 atom stereocenters. The zero-order valence-electron chi connectivity index (χ0n) is 17.5. The van der Waals surface area contributed by atoms with Gasteiger partial charge in [0, 0.05) is 31.0 Å². The Morgan fingerprint density at radius 3 is 2.56 bits per heavy atom. The highest BCUT2D eigenvalue weighted by molar-refractivity contribution is 5.82. The first-order chi connectivity index (χ1) is 15.3. The van der Waals surface area contributed by atoms with E-state index in [2.05, 4.69) is 15.0 Å². The minimum Gasteiger partial charge on any atom is -0.471 e. The van der Waals surface area contributed by atoms with Gasteiger partial charge < -0.3 is 14.2 Å². The maximum atomic E-state index is 12.9. The first-order valence-electron chi connectivity index (χ1n) is 10.7. The highest BCUT2D eigenvalue weighted by atomic mass is 19.4. The summed E-state index contributed by atoms with van der Waals surface area (Å²) in [6, 6.07) is 4.90. The van der Waals surface area contributed by atoms with Gasteiger partial charge in [0.2, 0.25) is 11.8 Å². The number of benzene rings is 1. The summed E-state index contributed by atoms with van der Waals surface area (Å²) in [4.78, 5) is 27.4. The number of carbonyl (C=O) groups excluding carboxylic acids is 1. The second-order valence-corrected chi connectivity index (χ2v) is 8.19. The molecule has 1 aliphatic carbocycles. The van der Waals surface area contributed by atoms with E-state index in [1.165, 1.54) is 18.5 Å². The van der Waals surface area contributed by atoms with Crippen LogP contribution in [-0.4, -0.2) is 49.5 Å². The number of hydrogen-bond donors (Lipinski definition) is 0.